The van der Waals surface area contributed by atoms with Crippen molar-refractivity contribution in [2.24, 2.45) is 0 Å². The van der Waals surface area contributed by atoms with Crippen molar-refractivity contribution in [2.75, 3.05) is 6.61 Å². The van der Waals surface area contributed by atoms with Gasteiger partial charge in [-0.25, -0.2) is 4.79 Å². The summed E-state index contributed by atoms with van der Waals surface area (Å²) >= 11 is 1.50. The topological polar surface area (TPSA) is 74.5 Å². The van der Waals surface area contributed by atoms with Gasteiger partial charge in [0.15, 0.2) is 6.10 Å². The highest BCUT2D eigenvalue weighted by molar-refractivity contribution is 7.13. The zero-order chi connectivity index (χ0) is 16.9. The van der Waals surface area contributed by atoms with Crippen LogP contribution >= 0.6 is 11.3 Å². The van der Waals surface area contributed by atoms with Crippen LogP contribution in [0.2, 0.25) is 0 Å². The monoisotopic (exact) mass is 344 g/mol. The van der Waals surface area contributed by atoms with E-state index in [4.69, 9.17) is 13.9 Å². The minimum Gasteiger partial charge on any atom is -0.494 e. The summed E-state index contributed by atoms with van der Waals surface area (Å²) in [5, 5.41) is 9.85. The zero-order valence-electron chi connectivity index (χ0n) is 13.3. The first-order valence-corrected chi connectivity index (χ1v) is 8.36. The second-order valence-electron chi connectivity index (χ2n) is 4.93. The summed E-state index contributed by atoms with van der Waals surface area (Å²) in [6, 6.07) is 10.6. The molecule has 2 aromatic heterocycles. The SMILES string of the molecule is CCOc1ccc(C(=O)O[C@@H](C)c2nnc(-c3cccs3)o2)cc1. The highest BCUT2D eigenvalue weighted by Crippen LogP contribution is 2.26. The molecule has 0 radical (unpaired) electrons. The van der Waals surface area contributed by atoms with Gasteiger partial charge in [0.2, 0.25) is 0 Å². The van der Waals surface area contributed by atoms with Crippen LogP contribution in [0, 0.1) is 0 Å². The third-order valence-corrected chi connectivity index (χ3v) is 4.06. The fraction of sp³-hybridized carbons (Fsp3) is 0.235. The van der Waals surface area contributed by atoms with Crippen LogP contribution in [0.4, 0.5) is 0 Å². The maximum Gasteiger partial charge on any atom is 0.338 e. The van der Waals surface area contributed by atoms with E-state index in [-0.39, 0.29) is 5.89 Å². The summed E-state index contributed by atoms with van der Waals surface area (Å²) in [6.45, 7) is 4.17. The molecular formula is C17H16N2O4S. The van der Waals surface area contributed by atoms with Crippen molar-refractivity contribution in [3.05, 3.63) is 53.2 Å². The normalized spacial score (nSPS) is 11.9. The van der Waals surface area contributed by atoms with Crippen molar-refractivity contribution >= 4 is 17.3 Å². The number of aromatic nitrogens is 2. The van der Waals surface area contributed by atoms with Crippen LogP contribution in [0.25, 0.3) is 10.8 Å². The van der Waals surface area contributed by atoms with Gasteiger partial charge in [0.05, 0.1) is 17.0 Å². The van der Waals surface area contributed by atoms with Crippen LogP contribution in [-0.2, 0) is 4.74 Å². The molecule has 1 aromatic carbocycles. The Morgan fingerprint density at radius 2 is 2.04 bits per heavy atom. The van der Waals surface area contributed by atoms with E-state index in [9.17, 15) is 4.79 Å². The molecule has 7 heteroatoms. The lowest BCUT2D eigenvalue weighted by Crippen LogP contribution is -2.09. The Bertz CT molecular complexity index is 796. The Morgan fingerprint density at radius 1 is 1.25 bits per heavy atom. The van der Waals surface area contributed by atoms with Gasteiger partial charge in [-0.15, -0.1) is 21.5 Å². The van der Waals surface area contributed by atoms with Crippen LogP contribution in [-0.4, -0.2) is 22.8 Å². The summed E-state index contributed by atoms with van der Waals surface area (Å²) < 4.78 is 16.3. The van der Waals surface area contributed by atoms with E-state index in [0.29, 0.717) is 23.8 Å². The lowest BCUT2D eigenvalue weighted by Gasteiger charge is -2.10. The van der Waals surface area contributed by atoms with Crippen LogP contribution in [0.1, 0.15) is 36.2 Å². The van der Waals surface area contributed by atoms with Crippen molar-refractivity contribution < 1.29 is 18.7 Å². The van der Waals surface area contributed by atoms with Gasteiger partial charge in [-0.05, 0) is 49.6 Å². The average molecular weight is 344 g/mol. The van der Waals surface area contributed by atoms with Crippen molar-refractivity contribution in [1.82, 2.24) is 10.2 Å². The van der Waals surface area contributed by atoms with Gasteiger partial charge in [0.1, 0.15) is 5.75 Å². The van der Waals surface area contributed by atoms with Crippen molar-refractivity contribution in [1.29, 1.82) is 0 Å². The number of esters is 1. The summed E-state index contributed by atoms with van der Waals surface area (Å²) in [7, 11) is 0. The molecule has 24 heavy (non-hydrogen) atoms. The van der Waals surface area contributed by atoms with Gasteiger partial charge in [-0.3, -0.25) is 0 Å². The van der Waals surface area contributed by atoms with E-state index in [0.717, 1.165) is 4.88 Å². The van der Waals surface area contributed by atoms with Gasteiger partial charge in [-0.2, -0.15) is 0 Å². The van der Waals surface area contributed by atoms with Crippen molar-refractivity contribution in [3.8, 4) is 16.5 Å². The summed E-state index contributed by atoms with van der Waals surface area (Å²) in [5.74, 6) is 0.933. The average Bonchev–Trinajstić information content (AvgIpc) is 3.27. The Labute approximate surface area is 143 Å². The van der Waals surface area contributed by atoms with E-state index in [1.165, 1.54) is 11.3 Å². The molecule has 0 N–H and O–H groups in total. The second kappa shape index (κ2) is 7.27. The number of hydrogen-bond donors (Lipinski definition) is 0. The van der Waals surface area contributed by atoms with Crippen molar-refractivity contribution in [2.45, 2.75) is 20.0 Å². The van der Waals surface area contributed by atoms with Crippen LogP contribution in [0.3, 0.4) is 0 Å². The highest BCUT2D eigenvalue weighted by Gasteiger charge is 2.20. The molecule has 0 amide bonds. The summed E-state index contributed by atoms with van der Waals surface area (Å²) in [4.78, 5) is 13.1. The molecule has 1 atom stereocenters. The molecular weight excluding hydrogens is 328 g/mol. The molecule has 0 spiro atoms. The number of thiophene rings is 1. The number of hydrogen-bond acceptors (Lipinski definition) is 7. The maximum atomic E-state index is 12.2. The Hall–Kier alpha value is -2.67. The fourth-order valence-electron chi connectivity index (χ4n) is 2.03. The molecule has 0 unspecified atom stereocenters. The maximum absolute atomic E-state index is 12.2. The molecule has 6 nitrogen and oxygen atoms in total. The second-order valence-corrected chi connectivity index (χ2v) is 5.88. The molecule has 124 valence electrons. The number of nitrogens with zero attached hydrogens (tertiary/aromatic N) is 2. The van der Waals surface area contributed by atoms with Crippen LogP contribution < -0.4 is 4.74 Å². The van der Waals surface area contributed by atoms with Gasteiger partial charge in [0, 0.05) is 0 Å². The Kier molecular flexibility index (Phi) is 4.90. The van der Waals surface area contributed by atoms with E-state index in [1.807, 2.05) is 24.4 Å². The molecule has 0 aliphatic carbocycles. The van der Waals surface area contributed by atoms with Gasteiger partial charge < -0.3 is 13.9 Å². The van der Waals surface area contributed by atoms with Gasteiger partial charge in [-0.1, -0.05) is 6.07 Å². The molecule has 2 heterocycles. The number of benzene rings is 1. The van der Waals surface area contributed by atoms with Gasteiger partial charge in [0.25, 0.3) is 11.8 Å². The first-order valence-electron chi connectivity index (χ1n) is 7.48. The van der Waals surface area contributed by atoms with Crippen LogP contribution in [0.15, 0.2) is 46.2 Å². The third kappa shape index (κ3) is 3.62. The standard InChI is InChI=1S/C17H16N2O4S/c1-3-21-13-8-6-12(7-9-13)17(20)22-11(2)15-18-19-16(23-15)14-5-4-10-24-14/h4-11H,3H2,1-2H3/t11-/m0/s1. The third-order valence-electron chi connectivity index (χ3n) is 3.21. The number of rotatable bonds is 6. The van der Waals surface area contributed by atoms with Crippen molar-refractivity contribution in [3.63, 3.8) is 0 Å². The lowest BCUT2D eigenvalue weighted by atomic mass is 10.2. The molecule has 0 fully saturated rings. The molecule has 3 aromatic rings. The minimum absolute atomic E-state index is 0.262. The lowest BCUT2D eigenvalue weighted by molar-refractivity contribution is 0.0280. The zero-order valence-corrected chi connectivity index (χ0v) is 14.1. The van der Waals surface area contributed by atoms with E-state index >= 15 is 0 Å². The Balaban J connectivity index is 1.65. The predicted molar refractivity (Wildman–Crippen MR) is 89.1 cm³/mol. The molecule has 0 aliphatic heterocycles. The number of carbonyl (C=O) groups excluding carboxylic acids is 1. The van der Waals surface area contributed by atoms with E-state index in [1.54, 1.807) is 31.2 Å². The van der Waals surface area contributed by atoms with E-state index in [2.05, 4.69) is 10.2 Å². The Morgan fingerprint density at radius 3 is 2.71 bits per heavy atom. The van der Waals surface area contributed by atoms with Gasteiger partial charge >= 0.3 is 5.97 Å². The van der Waals surface area contributed by atoms with Crippen LogP contribution in [0.5, 0.6) is 5.75 Å². The predicted octanol–water partition coefficient (Wildman–Crippen LogP) is 4.11. The first-order chi connectivity index (χ1) is 11.7. The molecule has 0 aliphatic rings. The number of carbonyl (C=O) groups is 1. The highest BCUT2D eigenvalue weighted by atomic mass is 32.1. The summed E-state index contributed by atoms with van der Waals surface area (Å²) in [5.41, 5.74) is 0.434. The fourth-order valence-corrected chi connectivity index (χ4v) is 2.68. The first kappa shape index (κ1) is 16.2. The smallest absolute Gasteiger partial charge is 0.338 e. The molecule has 0 saturated carbocycles. The molecule has 0 bridgehead atoms. The minimum atomic E-state index is -0.634. The van der Waals surface area contributed by atoms with E-state index < -0.39 is 12.1 Å². The molecule has 0 saturated heterocycles. The number of ether oxygens (including phenoxy) is 2. The quantitative estimate of drug-likeness (QED) is 0.626. The summed E-state index contributed by atoms with van der Waals surface area (Å²) in [6.07, 6.45) is -0.634. The molecule has 3 rings (SSSR count). The largest absolute Gasteiger partial charge is 0.494 e.